The molecule has 0 amide bonds. The first-order valence-corrected chi connectivity index (χ1v) is 4.99. The average molecular weight is 230 g/mol. The van der Waals surface area contributed by atoms with Crippen LogP contribution in [-0.4, -0.2) is 14.9 Å². The van der Waals surface area contributed by atoms with Crippen LogP contribution in [0, 0.1) is 10.1 Å². The summed E-state index contributed by atoms with van der Waals surface area (Å²) in [6.45, 7) is 0.552. The number of nitro groups is 1. The second kappa shape index (κ2) is 5.02. The molecule has 0 saturated heterocycles. The van der Waals surface area contributed by atoms with E-state index in [-0.39, 0.29) is 5.69 Å². The van der Waals surface area contributed by atoms with Crippen LogP contribution in [0.5, 0.6) is 0 Å². The van der Waals surface area contributed by atoms with Crippen molar-refractivity contribution in [2.24, 2.45) is 0 Å². The predicted molar refractivity (Wildman–Crippen MR) is 62.5 cm³/mol. The normalized spacial score (nSPS) is 9.88. The number of aromatic nitrogens is 2. The van der Waals surface area contributed by atoms with Crippen LogP contribution < -0.4 is 5.32 Å². The molecule has 0 bridgehead atoms. The van der Waals surface area contributed by atoms with Crippen LogP contribution in [0.15, 0.2) is 42.9 Å². The van der Waals surface area contributed by atoms with Gasteiger partial charge in [0.25, 0.3) is 5.69 Å². The molecule has 0 spiro atoms. The van der Waals surface area contributed by atoms with Gasteiger partial charge in [0.05, 0.1) is 11.1 Å². The molecule has 86 valence electrons. The fourth-order valence-electron chi connectivity index (χ4n) is 1.32. The van der Waals surface area contributed by atoms with Crippen molar-refractivity contribution in [1.29, 1.82) is 0 Å². The predicted octanol–water partition coefficient (Wildman–Crippen LogP) is 2.00. The van der Waals surface area contributed by atoms with Gasteiger partial charge in [0.15, 0.2) is 0 Å². The number of hydrogen-bond donors (Lipinski definition) is 1. The summed E-state index contributed by atoms with van der Waals surface area (Å²) in [5.41, 5.74) is 1.04. The molecular weight excluding hydrogens is 220 g/mol. The molecule has 17 heavy (non-hydrogen) atoms. The first-order valence-electron chi connectivity index (χ1n) is 4.99. The number of rotatable bonds is 4. The average Bonchev–Trinajstić information content (AvgIpc) is 2.38. The lowest BCUT2D eigenvalue weighted by molar-refractivity contribution is -0.384. The molecule has 0 atom stereocenters. The third-order valence-electron chi connectivity index (χ3n) is 2.18. The first kappa shape index (κ1) is 11.0. The van der Waals surface area contributed by atoms with Crippen LogP contribution in [0.1, 0.15) is 5.56 Å². The van der Waals surface area contributed by atoms with Gasteiger partial charge in [0.2, 0.25) is 0 Å². The zero-order valence-electron chi connectivity index (χ0n) is 8.91. The second-order valence-corrected chi connectivity index (χ2v) is 3.37. The zero-order valence-corrected chi connectivity index (χ0v) is 8.91. The van der Waals surface area contributed by atoms with Gasteiger partial charge in [0.1, 0.15) is 5.82 Å². The third-order valence-corrected chi connectivity index (χ3v) is 2.18. The van der Waals surface area contributed by atoms with Crippen LogP contribution >= 0.6 is 0 Å². The molecule has 0 radical (unpaired) electrons. The summed E-state index contributed by atoms with van der Waals surface area (Å²) in [6, 6.07) is 6.38. The second-order valence-electron chi connectivity index (χ2n) is 3.37. The van der Waals surface area contributed by atoms with E-state index < -0.39 is 4.92 Å². The van der Waals surface area contributed by atoms with E-state index in [9.17, 15) is 10.1 Å². The molecule has 1 aromatic heterocycles. The number of anilines is 1. The van der Waals surface area contributed by atoms with Crippen molar-refractivity contribution < 1.29 is 4.92 Å². The van der Waals surface area contributed by atoms with Crippen LogP contribution in [0.2, 0.25) is 0 Å². The minimum Gasteiger partial charge on any atom is -0.365 e. The van der Waals surface area contributed by atoms with Crippen molar-refractivity contribution >= 4 is 11.5 Å². The number of non-ortho nitro benzene ring substituents is 1. The Morgan fingerprint density at radius 3 is 2.59 bits per heavy atom. The van der Waals surface area contributed by atoms with Gasteiger partial charge < -0.3 is 5.32 Å². The van der Waals surface area contributed by atoms with Gasteiger partial charge in [-0.2, -0.15) is 0 Å². The molecule has 0 saturated carbocycles. The summed E-state index contributed by atoms with van der Waals surface area (Å²) in [4.78, 5) is 18.0. The number of nitro benzene ring substituents is 1. The Kier molecular flexibility index (Phi) is 3.25. The number of nitrogens with zero attached hydrogens (tertiary/aromatic N) is 3. The van der Waals surface area contributed by atoms with E-state index in [2.05, 4.69) is 15.3 Å². The van der Waals surface area contributed by atoms with E-state index >= 15 is 0 Å². The highest BCUT2D eigenvalue weighted by molar-refractivity contribution is 5.36. The van der Waals surface area contributed by atoms with Gasteiger partial charge >= 0.3 is 0 Å². The van der Waals surface area contributed by atoms with E-state index in [0.717, 1.165) is 5.56 Å². The lowest BCUT2D eigenvalue weighted by atomic mass is 10.2. The SMILES string of the molecule is O=[N+]([O-])c1ccc(CNc2cnccn2)cc1. The van der Waals surface area contributed by atoms with E-state index in [1.165, 1.54) is 12.1 Å². The highest BCUT2D eigenvalue weighted by Gasteiger charge is 2.03. The van der Waals surface area contributed by atoms with Crippen molar-refractivity contribution in [3.05, 3.63) is 58.5 Å². The van der Waals surface area contributed by atoms with E-state index in [1.807, 2.05) is 0 Å². The molecular formula is C11H10N4O2. The molecule has 1 N–H and O–H groups in total. The Morgan fingerprint density at radius 1 is 1.24 bits per heavy atom. The molecule has 0 unspecified atom stereocenters. The van der Waals surface area contributed by atoms with Crippen LogP contribution in [0.25, 0.3) is 0 Å². The first-order chi connectivity index (χ1) is 8.25. The van der Waals surface area contributed by atoms with Crippen molar-refractivity contribution in [3.63, 3.8) is 0 Å². The van der Waals surface area contributed by atoms with Gasteiger partial charge in [-0.25, -0.2) is 4.98 Å². The largest absolute Gasteiger partial charge is 0.365 e. The Hall–Kier alpha value is -2.50. The quantitative estimate of drug-likeness (QED) is 0.641. The summed E-state index contributed by atoms with van der Waals surface area (Å²) < 4.78 is 0. The lowest BCUT2D eigenvalue weighted by Gasteiger charge is -2.04. The number of nitrogens with one attached hydrogen (secondary N) is 1. The monoisotopic (exact) mass is 230 g/mol. The lowest BCUT2D eigenvalue weighted by Crippen LogP contribution is -2.01. The standard InChI is InChI=1S/C11H10N4O2/c16-15(17)10-3-1-9(2-4-10)7-14-11-8-12-5-6-13-11/h1-6,8H,7H2,(H,13,14). The van der Waals surface area contributed by atoms with E-state index in [0.29, 0.717) is 12.4 Å². The minimum atomic E-state index is -0.417. The fourth-order valence-corrected chi connectivity index (χ4v) is 1.32. The maximum atomic E-state index is 10.5. The zero-order chi connectivity index (χ0) is 12.1. The van der Waals surface area contributed by atoms with E-state index in [1.54, 1.807) is 30.7 Å². The Balaban J connectivity index is 1.98. The highest BCUT2D eigenvalue weighted by atomic mass is 16.6. The molecule has 2 rings (SSSR count). The van der Waals surface area contributed by atoms with Crippen LogP contribution in [0.4, 0.5) is 11.5 Å². The Bertz CT molecular complexity index is 499. The summed E-state index contributed by atoms with van der Waals surface area (Å²) >= 11 is 0. The fraction of sp³-hybridized carbons (Fsp3) is 0.0909. The van der Waals surface area contributed by atoms with Crippen LogP contribution in [-0.2, 0) is 6.54 Å². The molecule has 0 aliphatic rings. The molecule has 1 aromatic carbocycles. The Morgan fingerprint density at radius 2 is 2.00 bits per heavy atom. The maximum Gasteiger partial charge on any atom is 0.269 e. The molecule has 2 aromatic rings. The van der Waals surface area contributed by atoms with Gasteiger partial charge in [-0.15, -0.1) is 0 Å². The highest BCUT2D eigenvalue weighted by Crippen LogP contribution is 2.12. The summed E-state index contributed by atoms with van der Waals surface area (Å²) in [6.07, 6.45) is 4.81. The molecule has 6 heteroatoms. The summed E-state index contributed by atoms with van der Waals surface area (Å²) in [5.74, 6) is 0.672. The van der Waals surface area contributed by atoms with Crippen LogP contribution in [0.3, 0.4) is 0 Å². The van der Waals surface area contributed by atoms with Crippen molar-refractivity contribution in [2.45, 2.75) is 6.54 Å². The molecule has 0 aliphatic carbocycles. The summed E-state index contributed by atoms with van der Waals surface area (Å²) in [5, 5.41) is 13.5. The van der Waals surface area contributed by atoms with Gasteiger partial charge in [-0.1, -0.05) is 12.1 Å². The molecule has 0 aliphatic heterocycles. The molecule has 6 nitrogen and oxygen atoms in total. The summed E-state index contributed by atoms with van der Waals surface area (Å²) in [7, 11) is 0. The van der Waals surface area contributed by atoms with Crippen molar-refractivity contribution in [2.75, 3.05) is 5.32 Å². The topological polar surface area (TPSA) is 81.0 Å². The number of benzene rings is 1. The molecule has 0 fully saturated rings. The van der Waals surface area contributed by atoms with Crippen molar-refractivity contribution in [1.82, 2.24) is 9.97 Å². The number of hydrogen-bond acceptors (Lipinski definition) is 5. The molecule has 1 heterocycles. The minimum absolute atomic E-state index is 0.0910. The maximum absolute atomic E-state index is 10.5. The van der Waals surface area contributed by atoms with Crippen molar-refractivity contribution in [3.8, 4) is 0 Å². The van der Waals surface area contributed by atoms with Gasteiger partial charge in [-0.05, 0) is 5.56 Å². The van der Waals surface area contributed by atoms with E-state index in [4.69, 9.17) is 0 Å². The van der Waals surface area contributed by atoms with Gasteiger partial charge in [0, 0.05) is 31.1 Å². The van der Waals surface area contributed by atoms with Gasteiger partial charge in [-0.3, -0.25) is 15.1 Å². The smallest absolute Gasteiger partial charge is 0.269 e. The third kappa shape index (κ3) is 2.97. The Labute approximate surface area is 97.5 Å².